The summed E-state index contributed by atoms with van der Waals surface area (Å²) in [5.74, 6) is 0.0827. The number of amides is 2. The molecular formula is C12H23N3O2. The molecule has 1 heterocycles. The number of hydrogen-bond donors (Lipinski definition) is 2. The molecule has 17 heavy (non-hydrogen) atoms. The average Bonchev–Trinajstić information content (AvgIpc) is 2.72. The van der Waals surface area contributed by atoms with Gasteiger partial charge in [-0.25, -0.2) is 0 Å². The predicted octanol–water partition coefficient (Wildman–Crippen LogP) is 0.113. The minimum atomic E-state index is -0.286. The van der Waals surface area contributed by atoms with Crippen molar-refractivity contribution in [1.29, 1.82) is 0 Å². The molecule has 0 saturated carbocycles. The van der Waals surface area contributed by atoms with Crippen molar-refractivity contribution in [2.24, 2.45) is 0 Å². The Balaban J connectivity index is 2.38. The summed E-state index contributed by atoms with van der Waals surface area (Å²) < 4.78 is 0. The van der Waals surface area contributed by atoms with Crippen molar-refractivity contribution in [2.75, 3.05) is 26.2 Å². The molecule has 5 heteroatoms. The van der Waals surface area contributed by atoms with E-state index >= 15 is 0 Å². The Hall–Kier alpha value is -1.10. The molecule has 0 bridgehead atoms. The maximum Gasteiger partial charge on any atom is 0.242 e. The Morgan fingerprint density at radius 1 is 1.41 bits per heavy atom. The number of likely N-dealkylation sites (tertiary alicyclic amines) is 1. The van der Waals surface area contributed by atoms with Crippen LogP contribution in [0.25, 0.3) is 0 Å². The van der Waals surface area contributed by atoms with Gasteiger partial charge in [0.05, 0.1) is 0 Å². The molecule has 1 saturated heterocycles. The molecule has 1 atom stereocenters. The van der Waals surface area contributed by atoms with E-state index in [1.54, 1.807) is 4.90 Å². The zero-order chi connectivity index (χ0) is 12.7. The summed E-state index contributed by atoms with van der Waals surface area (Å²) in [6, 6.07) is -0.286. The predicted molar refractivity (Wildman–Crippen MR) is 66.6 cm³/mol. The minimum Gasteiger partial charge on any atom is -0.353 e. The van der Waals surface area contributed by atoms with Gasteiger partial charge in [-0.1, -0.05) is 13.8 Å². The summed E-state index contributed by atoms with van der Waals surface area (Å²) >= 11 is 0. The van der Waals surface area contributed by atoms with Crippen molar-refractivity contribution in [1.82, 2.24) is 15.5 Å². The van der Waals surface area contributed by atoms with Crippen molar-refractivity contribution >= 4 is 11.8 Å². The Bertz CT molecular complexity index is 268. The van der Waals surface area contributed by atoms with Crippen LogP contribution in [0.15, 0.2) is 0 Å². The molecule has 0 spiro atoms. The van der Waals surface area contributed by atoms with Crippen LogP contribution in [-0.2, 0) is 9.59 Å². The number of nitrogens with zero attached hydrogens (tertiary/aromatic N) is 1. The third kappa shape index (κ3) is 4.00. The van der Waals surface area contributed by atoms with E-state index in [2.05, 4.69) is 10.6 Å². The number of likely N-dealkylation sites (N-methyl/N-ethyl adjacent to an activating group) is 1. The third-order valence-corrected chi connectivity index (χ3v) is 3.03. The Morgan fingerprint density at radius 2 is 2.18 bits per heavy atom. The van der Waals surface area contributed by atoms with Crippen molar-refractivity contribution in [3.8, 4) is 0 Å². The van der Waals surface area contributed by atoms with Crippen LogP contribution in [0.3, 0.4) is 0 Å². The molecule has 0 aromatic rings. The highest BCUT2D eigenvalue weighted by Crippen LogP contribution is 2.15. The van der Waals surface area contributed by atoms with Gasteiger partial charge in [0.25, 0.3) is 0 Å². The normalized spacial score (nSPS) is 17.3. The topological polar surface area (TPSA) is 61.4 Å². The quantitative estimate of drug-likeness (QED) is 0.622. The van der Waals surface area contributed by atoms with Gasteiger partial charge in [0.1, 0.15) is 6.04 Å². The van der Waals surface area contributed by atoms with E-state index in [-0.39, 0.29) is 17.9 Å². The average molecular weight is 241 g/mol. The lowest BCUT2D eigenvalue weighted by molar-refractivity contribution is -0.137. The molecule has 1 aliphatic heterocycles. The van der Waals surface area contributed by atoms with Gasteiger partial charge in [-0.2, -0.15) is 0 Å². The summed E-state index contributed by atoms with van der Waals surface area (Å²) in [6.07, 6.45) is 2.14. The first-order valence-corrected chi connectivity index (χ1v) is 6.48. The highest BCUT2D eigenvalue weighted by atomic mass is 16.2. The largest absolute Gasteiger partial charge is 0.353 e. The molecule has 1 rings (SSSR count). The third-order valence-electron chi connectivity index (χ3n) is 3.03. The summed E-state index contributed by atoms with van der Waals surface area (Å²) in [6.45, 7) is 6.98. The van der Waals surface area contributed by atoms with Crippen LogP contribution in [0.5, 0.6) is 0 Å². The van der Waals surface area contributed by atoms with Crippen LogP contribution in [0.2, 0.25) is 0 Å². The van der Waals surface area contributed by atoms with Crippen LogP contribution in [0.4, 0.5) is 0 Å². The van der Waals surface area contributed by atoms with Gasteiger partial charge in [0.15, 0.2) is 0 Å². The van der Waals surface area contributed by atoms with E-state index in [0.717, 1.165) is 26.1 Å². The fourth-order valence-electron chi connectivity index (χ4n) is 2.11. The first-order chi connectivity index (χ1) is 8.20. The van der Waals surface area contributed by atoms with Crippen LogP contribution in [-0.4, -0.2) is 48.9 Å². The van der Waals surface area contributed by atoms with Gasteiger partial charge < -0.3 is 15.5 Å². The van der Waals surface area contributed by atoms with E-state index in [9.17, 15) is 9.59 Å². The van der Waals surface area contributed by atoms with E-state index in [0.29, 0.717) is 19.4 Å². The van der Waals surface area contributed by atoms with Crippen molar-refractivity contribution in [2.45, 2.75) is 39.2 Å². The second-order valence-electron chi connectivity index (χ2n) is 4.26. The molecule has 2 amide bonds. The molecule has 1 fully saturated rings. The molecule has 0 aliphatic carbocycles. The second-order valence-corrected chi connectivity index (χ2v) is 4.26. The van der Waals surface area contributed by atoms with Gasteiger partial charge in [-0.05, 0) is 19.4 Å². The molecule has 1 aliphatic rings. The molecule has 98 valence electrons. The van der Waals surface area contributed by atoms with Crippen molar-refractivity contribution in [3.05, 3.63) is 0 Å². The zero-order valence-corrected chi connectivity index (χ0v) is 10.8. The van der Waals surface area contributed by atoms with Crippen LogP contribution < -0.4 is 10.6 Å². The van der Waals surface area contributed by atoms with Crippen LogP contribution in [0.1, 0.15) is 33.1 Å². The zero-order valence-electron chi connectivity index (χ0n) is 10.8. The molecular weight excluding hydrogens is 218 g/mol. The molecule has 0 aromatic heterocycles. The summed E-state index contributed by atoms with van der Waals surface area (Å²) in [7, 11) is 0. The highest BCUT2D eigenvalue weighted by molar-refractivity contribution is 5.88. The van der Waals surface area contributed by atoms with E-state index in [1.807, 2.05) is 13.8 Å². The fourth-order valence-corrected chi connectivity index (χ4v) is 2.11. The van der Waals surface area contributed by atoms with Crippen LogP contribution >= 0.6 is 0 Å². The molecule has 2 N–H and O–H groups in total. The highest BCUT2D eigenvalue weighted by Gasteiger charge is 2.31. The Labute approximate surface area is 103 Å². The minimum absolute atomic E-state index is 0.0272. The van der Waals surface area contributed by atoms with Gasteiger partial charge in [0, 0.05) is 26.1 Å². The number of rotatable bonds is 7. The Morgan fingerprint density at radius 3 is 2.71 bits per heavy atom. The molecule has 0 radical (unpaired) electrons. The fraction of sp³-hybridized carbons (Fsp3) is 0.833. The summed E-state index contributed by atoms with van der Waals surface area (Å²) in [5.41, 5.74) is 0. The Kier molecular flexibility index (Phi) is 5.97. The lowest BCUT2D eigenvalue weighted by Crippen LogP contribution is -2.48. The second kappa shape index (κ2) is 7.27. The van der Waals surface area contributed by atoms with E-state index < -0.39 is 0 Å². The first-order valence-electron chi connectivity index (χ1n) is 6.48. The number of carbonyl (C=O) groups excluding carboxylic acids is 2. The van der Waals surface area contributed by atoms with Crippen molar-refractivity contribution in [3.63, 3.8) is 0 Å². The first kappa shape index (κ1) is 14.0. The number of carbonyl (C=O) groups is 2. The SMILES string of the molecule is CCNCCNC(=O)C(CC)N1CCCC1=O. The summed E-state index contributed by atoms with van der Waals surface area (Å²) in [4.78, 5) is 25.2. The molecule has 5 nitrogen and oxygen atoms in total. The lowest BCUT2D eigenvalue weighted by Gasteiger charge is -2.25. The monoisotopic (exact) mass is 241 g/mol. The van der Waals surface area contributed by atoms with Gasteiger partial charge in [-0.3, -0.25) is 9.59 Å². The smallest absolute Gasteiger partial charge is 0.242 e. The van der Waals surface area contributed by atoms with Gasteiger partial charge in [0.2, 0.25) is 11.8 Å². The van der Waals surface area contributed by atoms with E-state index in [1.165, 1.54) is 0 Å². The lowest BCUT2D eigenvalue weighted by atomic mass is 10.2. The van der Waals surface area contributed by atoms with Crippen LogP contribution in [0, 0.1) is 0 Å². The number of nitrogens with one attached hydrogen (secondary N) is 2. The van der Waals surface area contributed by atoms with E-state index in [4.69, 9.17) is 0 Å². The standard InChI is InChI=1S/C12H23N3O2/c1-3-10(15-9-5-6-11(15)16)12(17)14-8-7-13-4-2/h10,13H,3-9H2,1-2H3,(H,14,17). The molecule has 0 aromatic carbocycles. The molecule has 1 unspecified atom stereocenters. The van der Waals surface area contributed by atoms with Crippen molar-refractivity contribution < 1.29 is 9.59 Å². The maximum atomic E-state index is 11.9. The maximum absolute atomic E-state index is 11.9. The van der Waals surface area contributed by atoms with Gasteiger partial charge in [-0.15, -0.1) is 0 Å². The number of hydrogen-bond acceptors (Lipinski definition) is 3. The summed E-state index contributed by atoms with van der Waals surface area (Å²) in [5, 5.41) is 6.01. The van der Waals surface area contributed by atoms with Gasteiger partial charge >= 0.3 is 0 Å².